The van der Waals surface area contributed by atoms with E-state index in [9.17, 15) is 4.79 Å². The first-order chi connectivity index (χ1) is 8.20. The monoisotopic (exact) mass is 253 g/mol. The molecule has 0 aromatic carbocycles. The van der Waals surface area contributed by atoms with Crippen LogP contribution >= 0.6 is 0 Å². The summed E-state index contributed by atoms with van der Waals surface area (Å²) in [5, 5.41) is 10.2. The summed E-state index contributed by atoms with van der Waals surface area (Å²) >= 11 is 0. The van der Waals surface area contributed by atoms with Crippen LogP contribution in [-0.2, 0) is 11.8 Å². The molecule has 0 radical (unpaired) electrons. The van der Waals surface area contributed by atoms with Gasteiger partial charge in [-0.3, -0.25) is 9.48 Å². The zero-order valence-electron chi connectivity index (χ0n) is 11.8. The number of rotatable bonds is 4. The third-order valence-electron chi connectivity index (χ3n) is 2.43. The molecule has 0 fully saturated rings. The van der Waals surface area contributed by atoms with Gasteiger partial charge in [-0.25, -0.2) is 0 Å². The number of anilines is 2. The summed E-state index contributed by atoms with van der Waals surface area (Å²) in [7, 11) is 1.82. The van der Waals surface area contributed by atoms with E-state index in [1.807, 2.05) is 34.7 Å². The molecule has 0 aliphatic heterocycles. The predicted octanol–water partition coefficient (Wildman–Crippen LogP) is 1.03. The van der Waals surface area contributed by atoms with Gasteiger partial charge in [0.05, 0.1) is 11.4 Å². The van der Waals surface area contributed by atoms with E-state index >= 15 is 0 Å². The van der Waals surface area contributed by atoms with Crippen molar-refractivity contribution in [3.8, 4) is 0 Å². The molecule has 6 nitrogen and oxygen atoms in total. The summed E-state index contributed by atoms with van der Waals surface area (Å²) < 4.78 is 1.69. The lowest BCUT2D eigenvalue weighted by atomic mass is 10.1. The van der Waals surface area contributed by atoms with Crippen molar-refractivity contribution >= 4 is 17.4 Å². The molecular formula is C12H23N5O. The van der Waals surface area contributed by atoms with Crippen molar-refractivity contribution in [2.45, 2.75) is 39.7 Å². The number of aryl methyl sites for hydroxylation is 2. The lowest BCUT2D eigenvalue weighted by Crippen LogP contribution is -2.41. The fourth-order valence-electron chi connectivity index (χ4n) is 1.66. The van der Waals surface area contributed by atoms with Crippen molar-refractivity contribution in [3.63, 3.8) is 0 Å². The highest BCUT2D eigenvalue weighted by atomic mass is 16.1. The topological polar surface area (TPSA) is 85.0 Å². The van der Waals surface area contributed by atoms with E-state index in [0.29, 0.717) is 18.7 Å². The molecule has 0 bridgehead atoms. The molecule has 6 heteroatoms. The van der Waals surface area contributed by atoms with Crippen molar-refractivity contribution in [1.29, 1.82) is 0 Å². The van der Waals surface area contributed by atoms with Crippen LogP contribution in [0.1, 0.15) is 32.9 Å². The van der Waals surface area contributed by atoms with E-state index in [0.717, 1.165) is 11.5 Å². The van der Waals surface area contributed by atoms with E-state index < -0.39 is 0 Å². The van der Waals surface area contributed by atoms with Gasteiger partial charge in [0.15, 0.2) is 0 Å². The number of carbonyl (C=O) groups is 1. The van der Waals surface area contributed by atoms with Crippen LogP contribution in [0.15, 0.2) is 0 Å². The van der Waals surface area contributed by atoms with Crippen LogP contribution in [0, 0.1) is 6.92 Å². The molecule has 0 saturated carbocycles. The molecule has 0 spiro atoms. The number of nitrogens with zero attached hydrogens (tertiary/aromatic N) is 2. The molecule has 1 amide bonds. The first kappa shape index (κ1) is 14.3. The molecule has 1 aromatic heterocycles. The van der Waals surface area contributed by atoms with Gasteiger partial charge in [0.2, 0.25) is 5.91 Å². The number of nitrogens with one attached hydrogen (secondary N) is 2. The average Bonchev–Trinajstić information content (AvgIpc) is 2.41. The van der Waals surface area contributed by atoms with Crippen molar-refractivity contribution in [2.24, 2.45) is 7.05 Å². The molecule has 1 aromatic rings. The predicted molar refractivity (Wildman–Crippen MR) is 73.4 cm³/mol. The minimum absolute atomic E-state index is 0.0208. The maximum Gasteiger partial charge on any atom is 0.222 e. The summed E-state index contributed by atoms with van der Waals surface area (Å²) in [4.78, 5) is 11.6. The maximum absolute atomic E-state index is 11.6. The third-order valence-corrected chi connectivity index (χ3v) is 2.43. The second-order valence-electron chi connectivity index (χ2n) is 5.45. The van der Waals surface area contributed by atoms with Gasteiger partial charge in [0, 0.05) is 25.6 Å². The minimum Gasteiger partial charge on any atom is -0.394 e. The Morgan fingerprint density at radius 2 is 2.06 bits per heavy atom. The van der Waals surface area contributed by atoms with Gasteiger partial charge in [0.25, 0.3) is 0 Å². The van der Waals surface area contributed by atoms with Gasteiger partial charge in [-0.2, -0.15) is 5.10 Å². The number of amides is 1. The minimum atomic E-state index is -0.195. The summed E-state index contributed by atoms with van der Waals surface area (Å²) in [6.45, 7) is 8.26. The molecule has 4 N–H and O–H groups in total. The van der Waals surface area contributed by atoms with E-state index in [1.165, 1.54) is 0 Å². The Bertz CT molecular complexity index is 430. The molecule has 1 rings (SSSR count). The molecule has 0 unspecified atom stereocenters. The van der Waals surface area contributed by atoms with Crippen molar-refractivity contribution < 1.29 is 4.79 Å². The Hall–Kier alpha value is -1.72. The molecule has 0 saturated heterocycles. The second-order valence-corrected chi connectivity index (χ2v) is 5.45. The van der Waals surface area contributed by atoms with Crippen LogP contribution in [0.4, 0.5) is 11.5 Å². The smallest absolute Gasteiger partial charge is 0.222 e. The molecule has 18 heavy (non-hydrogen) atoms. The lowest BCUT2D eigenvalue weighted by Gasteiger charge is -2.20. The fraction of sp³-hybridized carbons (Fsp3) is 0.667. The Morgan fingerprint density at radius 1 is 1.44 bits per heavy atom. The van der Waals surface area contributed by atoms with Crippen LogP contribution in [0.25, 0.3) is 0 Å². The van der Waals surface area contributed by atoms with Crippen LogP contribution < -0.4 is 16.4 Å². The number of aromatic nitrogens is 2. The number of carbonyl (C=O) groups excluding carboxylic acids is 1. The fourth-order valence-corrected chi connectivity index (χ4v) is 1.66. The molecular weight excluding hydrogens is 230 g/mol. The van der Waals surface area contributed by atoms with Gasteiger partial charge < -0.3 is 16.4 Å². The second kappa shape index (κ2) is 5.29. The molecule has 102 valence electrons. The average molecular weight is 253 g/mol. The summed E-state index contributed by atoms with van der Waals surface area (Å²) in [6.07, 6.45) is 0.404. The standard InChI is InChI=1S/C12H23N5O/c1-8-10(13)11(17(5)16-8)14-7-6-9(18)15-12(2,3)4/h14H,6-7,13H2,1-5H3,(H,15,18). The Labute approximate surface area is 108 Å². The van der Waals surface area contributed by atoms with Gasteiger partial charge >= 0.3 is 0 Å². The van der Waals surface area contributed by atoms with Crippen molar-refractivity contribution in [2.75, 3.05) is 17.6 Å². The first-order valence-corrected chi connectivity index (χ1v) is 6.04. The van der Waals surface area contributed by atoms with Gasteiger partial charge in [-0.15, -0.1) is 0 Å². The van der Waals surface area contributed by atoms with Crippen molar-refractivity contribution in [1.82, 2.24) is 15.1 Å². The van der Waals surface area contributed by atoms with Crippen LogP contribution in [0.2, 0.25) is 0 Å². The Balaban J connectivity index is 2.45. The number of nitrogen functional groups attached to an aromatic ring is 1. The summed E-state index contributed by atoms with van der Waals surface area (Å²) in [5.74, 6) is 0.781. The van der Waals surface area contributed by atoms with Crippen molar-refractivity contribution in [3.05, 3.63) is 5.69 Å². The Kier molecular flexibility index (Phi) is 4.21. The van der Waals surface area contributed by atoms with Gasteiger partial charge in [0.1, 0.15) is 5.82 Å². The largest absolute Gasteiger partial charge is 0.394 e. The number of nitrogens with two attached hydrogens (primary N) is 1. The molecule has 1 heterocycles. The van der Waals surface area contributed by atoms with Crippen LogP contribution in [0.3, 0.4) is 0 Å². The zero-order chi connectivity index (χ0) is 13.9. The zero-order valence-corrected chi connectivity index (χ0v) is 11.8. The van der Waals surface area contributed by atoms with Gasteiger partial charge in [-0.1, -0.05) is 0 Å². The van der Waals surface area contributed by atoms with E-state index in [4.69, 9.17) is 5.73 Å². The highest BCUT2D eigenvalue weighted by Gasteiger charge is 2.14. The summed E-state index contributed by atoms with van der Waals surface area (Å²) in [6, 6.07) is 0. The molecule has 0 aliphatic carbocycles. The number of hydrogen-bond acceptors (Lipinski definition) is 4. The quantitative estimate of drug-likeness (QED) is 0.748. The van der Waals surface area contributed by atoms with E-state index in [1.54, 1.807) is 4.68 Å². The molecule has 0 atom stereocenters. The van der Waals surface area contributed by atoms with Crippen LogP contribution in [0.5, 0.6) is 0 Å². The lowest BCUT2D eigenvalue weighted by molar-refractivity contribution is -0.122. The highest BCUT2D eigenvalue weighted by Crippen LogP contribution is 2.20. The molecule has 0 aliphatic rings. The first-order valence-electron chi connectivity index (χ1n) is 6.04. The Morgan fingerprint density at radius 3 is 2.50 bits per heavy atom. The maximum atomic E-state index is 11.6. The van der Waals surface area contributed by atoms with Gasteiger partial charge in [-0.05, 0) is 27.7 Å². The van der Waals surface area contributed by atoms with E-state index in [2.05, 4.69) is 15.7 Å². The van der Waals surface area contributed by atoms with Crippen LogP contribution in [-0.4, -0.2) is 27.8 Å². The summed E-state index contributed by atoms with van der Waals surface area (Å²) in [5.41, 5.74) is 7.10. The highest BCUT2D eigenvalue weighted by molar-refractivity contribution is 5.77. The normalized spacial score (nSPS) is 11.4. The number of hydrogen-bond donors (Lipinski definition) is 3. The van der Waals surface area contributed by atoms with E-state index in [-0.39, 0.29) is 11.4 Å². The SMILES string of the molecule is Cc1nn(C)c(NCCC(=O)NC(C)(C)C)c1N. The third kappa shape index (κ3) is 3.94.